The van der Waals surface area contributed by atoms with E-state index in [1.807, 2.05) is 6.33 Å². The molecule has 4 fully saturated rings. The number of aromatic nitrogens is 3. The zero-order chi connectivity index (χ0) is 10.8. The van der Waals surface area contributed by atoms with Crippen molar-refractivity contribution >= 4 is 0 Å². The second-order valence-electron chi connectivity index (χ2n) is 6.39. The zero-order valence-electron chi connectivity index (χ0n) is 9.47. The lowest BCUT2D eigenvalue weighted by Gasteiger charge is -2.60. The van der Waals surface area contributed by atoms with Crippen LogP contribution in [0.1, 0.15) is 38.5 Å². The number of hydrogen-bond donors (Lipinski definition) is 1. The van der Waals surface area contributed by atoms with E-state index in [4.69, 9.17) is 5.73 Å². The summed E-state index contributed by atoms with van der Waals surface area (Å²) >= 11 is 0. The van der Waals surface area contributed by atoms with Gasteiger partial charge in [0.25, 0.3) is 0 Å². The van der Waals surface area contributed by atoms with Crippen LogP contribution in [0.2, 0.25) is 0 Å². The first kappa shape index (κ1) is 9.16. The molecule has 1 aromatic heterocycles. The van der Waals surface area contributed by atoms with Crippen LogP contribution in [0.5, 0.6) is 0 Å². The van der Waals surface area contributed by atoms with Crippen molar-refractivity contribution in [2.45, 2.75) is 49.6 Å². The molecule has 2 unspecified atom stereocenters. The summed E-state index contributed by atoms with van der Waals surface area (Å²) in [7, 11) is 0. The minimum atomic E-state index is 0.0933. The Morgan fingerprint density at radius 1 is 1.19 bits per heavy atom. The lowest BCUT2D eigenvalue weighted by atomic mass is 9.50. The van der Waals surface area contributed by atoms with Gasteiger partial charge in [0.05, 0.1) is 5.54 Å². The maximum absolute atomic E-state index is 6.55. The van der Waals surface area contributed by atoms with Crippen molar-refractivity contribution in [1.29, 1.82) is 0 Å². The largest absolute Gasteiger partial charge is 0.325 e. The Balaban J connectivity index is 1.80. The summed E-state index contributed by atoms with van der Waals surface area (Å²) in [5.74, 6) is 1.66. The Hall–Kier alpha value is -0.900. The number of nitrogens with zero attached hydrogens (tertiary/aromatic N) is 3. The summed E-state index contributed by atoms with van der Waals surface area (Å²) in [6.45, 7) is 0. The van der Waals surface area contributed by atoms with Gasteiger partial charge >= 0.3 is 0 Å². The molecule has 4 nitrogen and oxygen atoms in total. The highest BCUT2D eigenvalue weighted by Crippen LogP contribution is 2.59. The molecule has 4 heteroatoms. The second-order valence-corrected chi connectivity index (χ2v) is 6.39. The minimum absolute atomic E-state index is 0.0933. The first-order chi connectivity index (χ1) is 7.68. The second kappa shape index (κ2) is 2.67. The molecule has 16 heavy (non-hydrogen) atoms. The fourth-order valence-electron chi connectivity index (χ4n) is 5.01. The van der Waals surface area contributed by atoms with Gasteiger partial charge in [-0.05, 0) is 50.4 Å². The van der Waals surface area contributed by atoms with Crippen LogP contribution in [0.4, 0.5) is 0 Å². The highest BCUT2D eigenvalue weighted by atomic mass is 15.4. The lowest BCUT2D eigenvalue weighted by molar-refractivity contribution is -0.0636. The summed E-state index contributed by atoms with van der Waals surface area (Å²) in [5.41, 5.74) is 6.85. The molecule has 0 aliphatic heterocycles. The fourth-order valence-corrected chi connectivity index (χ4v) is 5.01. The van der Waals surface area contributed by atoms with E-state index in [2.05, 4.69) is 14.8 Å². The third-order valence-corrected chi connectivity index (χ3v) is 4.98. The molecule has 0 amide bonds. The quantitative estimate of drug-likeness (QED) is 0.772. The van der Waals surface area contributed by atoms with Crippen molar-refractivity contribution in [2.75, 3.05) is 0 Å². The Kier molecular flexibility index (Phi) is 1.53. The van der Waals surface area contributed by atoms with Gasteiger partial charge in [0, 0.05) is 5.54 Å². The Morgan fingerprint density at radius 2 is 1.94 bits per heavy atom. The average Bonchev–Trinajstić information content (AvgIpc) is 2.65. The van der Waals surface area contributed by atoms with Gasteiger partial charge in [0.15, 0.2) is 0 Å². The highest BCUT2D eigenvalue weighted by molar-refractivity contribution is 5.12. The Labute approximate surface area is 95.2 Å². The highest BCUT2D eigenvalue weighted by Gasteiger charge is 2.57. The Bertz CT molecular complexity index is 397. The molecule has 4 saturated carbocycles. The summed E-state index contributed by atoms with van der Waals surface area (Å²) in [5, 5.41) is 4.39. The van der Waals surface area contributed by atoms with E-state index in [1.54, 1.807) is 6.33 Å². The van der Waals surface area contributed by atoms with Gasteiger partial charge in [-0.25, -0.2) is 9.67 Å². The standard InChI is InChI=1S/C12H18N4/c13-11-2-9-1-10(3-11)5-12(4-9,6-11)16-8-14-7-15-16/h7-10H,1-6,13H2/t9-,10+,11?,12?. The van der Waals surface area contributed by atoms with E-state index >= 15 is 0 Å². The third kappa shape index (κ3) is 1.08. The summed E-state index contributed by atoms with van der Waals surface area (Å²) in [4.78, 5) is 4.11. The van der Waals surface area contributed by atoms with Crippen LogP contribution >= 0.6 is 0 Å². The molecule has 4 aliphatic carbocycles. The lowest BCUT2D eigenvalue weighted by Crippen LogP contribution is -2.63. The van der Waals surface area contributed by atoms with Gasteiger partial charge < -0.3 is 5.73 Å². The van der Waals surface area contributed by atoms with E-state index in [1.165, 1.54) is 32.1 Å². The van der Waals surface area contributed by atoms with E-state index < -0.39 is 0 Å². The smallest absolute Gasteiger partial charge is 0.137 e. The van der Waals surface area contributed by atoms with Crippen LogP contribution in [0.3, 0.4) is 0 Å². The Morgan fingerprint density at radius 3 is 2.50 bits per heavy atom. The molecule has 4 bridgehead atoms. The van der Waals surface area contributed by atoms with Crippen molar-refractivity contribution in [2.24, 2.45) is 17.6 Å². The SMILES string of the molecule is NC12C[C@H]3C[C@@H](C1)CC(n1cncn1)(C3)C2. The van der Waals surface area contributed by atoms with Crippen LogP contribution in [-0.2, 0) is 5.54 Å². The normalized spacial score (nSPS) is 49.8. The van der Waals surface area contributed by atoms with E-state index in [-0.39, 0.29) is 11.1 Å². The predicted molar refractivity (Wildman–Crippen MR) is 59.6 cm³/mol. The topological polar surface area (TPSA) is 56.7 Å². The molecule has 4 aliphatic rings. The maximum Gasteiger partial charge on any atom is 0.137 e. The molecule has 0 spiro atoms. The van der Waals surface area contributed by atoms with E-state index in [0.29, 0.717) is 0 Å². The first-order valence-electron chi connectivity index (χ1n) is 6.32. The average molecular weight is 218 g/mol. The zero-order valence-corrected chi connectivity index (χ0v) is 9.47. The van der Waals surface area contributed by atoms with Crippen molar-refractivity contribution in [1.82, 2.24) is 14.8 Å². The van der Waals surface area contributed by atoms with Crippen LogP contribution in [0, 0.1) is 11.8 Å². The molecular formula is C12H18N4. The van der Waals surface area contributed by atoms with Crippen molar-refractivity contribution < 1.29 is 0 Å². The molecule has 1 heterocycles. The fraction of sp³-hybridized carbons (Fsp3) is 0.833. The number of hydrogen-bond acceptors (Lipinski definition) is 3. The summed E-state index contributed by atoms with van der Waals surface area (Å²) < 4.78 is 2.10. The van der Waals surface area contributed by atoms with E-state index in [9.17, 15) is 0 Å². The molecule has 0 saturated heterocycles. The summed E-state index contributed by atoms with van der Waals surface area (Å²) in [6.07, 6.45) is 11.1. The van der Waals surface area contributed by atoms with Gasteiger partial charge in [-0.15, -0.1) is 0 Å². The molecular weight excluding hydrogens is 200 g/mol. The van der Waals surface area contributed by atoms with E-state index in [0.717, 1.165) is 18.3 Å². The van der Waals surface area contributed by atoms with Crippen LogP contribution in [0.25, 0.3) is 0 Å². The van der Waals surface area contributed by atoms with Gasteiger partial charge in [-0.3, -0.25) is 0 Å². The first-order valence-corrected chi connectivity index (χ1v) is 6.32. The molecule has 0 aromatic carbocycles. The van der Waals surface area contributed by atoms with Gasteiger partial charge in [-0.1, -0.05) is 0 Å². The number of rotatable bonds is 1. The van der Waals surface area contributed by atoms with Gasteiger partial charge in [-0.2, -0.15) is 5.10 Å². The molecule has 4 atom stereocenters. The van der Waals surface area contributed by atoms with Crippen molar-refractivity contribution in [3.8, 4) is 0 Å². The predicted octanol–water partition coefficient (Wildman–Crippen LogP) is 1.28. The monoisotopic (exact) mass is 218 g/mol. The van der Waals surface area contributed by atoms with Crippen LogP contribution in [-0.4, -0.2) is 20.3 Å². The maximum atomic E-state index is 6.55. The van der Waals surface area contributed by atoms with Crippen LogP contribution in [0.15, 0.2) is 12.7 Å². The van der Waals surface area contributed by atoms with Gasteiger partial charge in [0.2, 0.25) is 0 Å². The molecule has 86 valence electrons. The number of nitrogens with two attached hydrogens (primary N) is 1. The molecule has 2 N–H and O–H groups in total. The molecule has 0 radical (unpaired) electrons. The molecule has 5 rings (SSSR count). The van der Waals surface area contributed by atoms with Crippen molar-refractivity contribution in [3.05, 3.63) is 12.7 Å². The third-order valence-electron chi connectivity index (χ3n) is 4.98. The molecule has 1 aromatic rings. The minimum Gasteiger partial charge on any atom is -0.325 e. The van der Waals surface area contributed by atoms with Crippen LogP contribution < -0.4 is 5.73 Å². The van der Waals surface area contributed by atoms with Gasteiger partial charge in [0.1, 0.15) is 12.7 Å². The van der Waals surface area contributed by atoms with Crippen molar-refractivity contribution in [3.63, 3.8) is 0 Å². The summed E-state index contributed by atoms with van der Waals surface area (Å²) in [6, 6.07) is 0.